The molecule has 1 aromatic rings. The van der Waals surface area contributed by atoms with Crippen molar-refractivity contribution in [2.75, 3.05) is 11.9 Å². The van der Waals surface area contributed by atoms with Crippen molar-refractivity contribution in [2.24, 2.45) is 23.2 Å². The van der Waals surface area contributed by atoms with Gasteiger partial charge in [-0.15, -0.1) is 5.10 Å². The summed E-state index contributed by atoms with van der Waals surface area (Å²) < 4.78 is 6.46. The van der Waals surface area contributed by atoms with Gasteiger partial charge in [0.25, 0.3) is 11.4 Å². The largest absolute Gasteiger partial charge is 0.480 e. The Morgan fingerprint density at radius 2 is 2.20 bits per heavy atom. The highest BCUT2D eigenvalue weighted by Crippen LogP contribution is 2.61. The molecule has 0 radical (unpaired) electrons. The lowest BCUT2D eigenvalue weighted by molar-refractivity contribution is -0.138. The van der Waals surface area contributed by atoms with Gasteiger partial charge in [0.15, 0.2) is 0 Å². The van der Waals surface area contributed by atoms with Gasteiger partial charge in [-0.2, -0.15) is 0 Å². The maximum Gasteiger partial charge on any atom is 0.325 e. The highest BCUT2D eigenvalue weighted by atomic mass is 16.5. The van der Waals surface area contributed by atoms with E-state index in [-0.39, 0.29) is 11.9 Å². The van der Waals surface area contributed by atoms with Crippen molar-refractivity contribution in [2.45, 2.75) is 53.1 Å². The fourth-order valence-corrected chi connectivity index (χ4v) is 4.60. The van der Waals surface area contributed by atoms with Gasteiger partial charge < -0.3 is 15.2 Å². The van der Waals surface area contributed by atoms with Gasteiger partial charge in [-0.05, 0) is 42.9 Å². The topological polar surface area (TPSA) is 93.5 Å². The number of fused-ring (bicyclic) bond motifs is 2. The van der Waals surface area contributed by atoms with Crippen LogP contribution >= 0.6 is 0 Å². The number of rotatable bonds is 6. The highest BCUT2D eigenvalue weighted by Gasteiger charge is 2.56. The molecule has 7 nitrogen and oxygen atoms in total. The summed E-state index contributed by atoms with van der Waals surface area (Å²) in [6, 6.07) is 1.67. The Morgan fingerprint density at radius 1 is 1.48 bits per heavy atom. The Labute approximate surface area is 147 Å². The Hall–Kier alpha value is -2.05. The van der Waals surface area contributed by atoms with E-state index in [9.17, 15) is 9.59 Å². The molecule has 25 heavy (non-hydrogen) atoms. The fraction of sp³-hybridized carbons (Fsp3) is 0.722. The van der Waals surface area contributed by atoms with Gasteiger partial charge in [-0.3, -0.25) is 9.59 Å². The van der Waals surface area contributed by atoms with Crippen LogP contribution in [0.3, 0.4) is 0 Å². The van der Waals surface area contributed by atoms with E-state index in [0.717, 1.165) is 11.1 Å². The predicted molar refractivity (Wildman–Crippen MR) is 93.9 cm³/mol. The monoisotopic (exact) mass is 349 g/mol. The molecule has 3 aliphatic rings. The first-order valence-corrected chi connectivity index (χ1v) is 8.97. The van der Waals surface area contributed by atoms with Crippen LogP contribution in [0.4, 0.5) is 5.69 Å². The Kier molecular flexibility index (Phi) is 4.51. The van der Waals surface area contributed by atoms with E-state index in [1.807, 2.05) is 6.92 Å². The molecule has 0 aliphatic heterocycles. The molecule has 1 aromatic heterocycles. The van der Waals surface area contributed by atoms with E-state index in [0.29, 0.717) is 35.5 Å². The zero-order valence-electron chi connectivity index (χ0n) is 15.3. The third-order valence-corrected chi connectivity index (χ3v) is 6.23. The lowest BCUT2D eigenvalue weighted by Crippen LogP contribution is -2.58. The normalized spacial score (nSPS) is 29.6. The summed E-state index contributed by atoms with van der Waals surface area (Å²) in [5.41, 5.74) is 0.510. The Bertz CT molecular complexity index is 728. The number of carboxylic acids is 1. The summed E-state index contributed by atoms with van der Waals surface area (Å²) in [7, 11) is 0. The van der Waals surface area contributed by atoms with E-state index in [1.165, 1.54) is 12.5 Å². The summed E-state index contributed by atoms with van der Waals surface area (Å²) >= 11 is 0. The first-order valence-electron chi connectivity index (χ1n) is 8.97. The minimum absolute atomic E-state index is 0.271. The lowest BCUT2D eigenvalue weighted by Gasteiger charge is -2.62. The predicted octanol–water partition coefficient (Wildman–Crippen LogP) is 2.21. The number of hydrogen-bond acceptors (Lipinski definition) is 5. The first-order chi connectivity index (χ1) is 11.7. The minimum atomic E-state index is -1.11. The zero-order valence-corrected chi connectivity index (χ0v) is 15.3. The smallest absolute Gasteiger partial charge is 0.325 e. The van der Waals surface area contributed by atoms with Gasteiger partial charge in [-0.1, -0.05) is 20.8 Å². The average molecular weight is 349 g/mol. The second-order valence-corrected chi connectivity index (χ2v) is 7.89. The van der Waals surface area contributed by atoms with E-state index in [2.05, 4.69) is 31.2 Å². The van der Waals surface area contributed by atoms with Gasteiger partial charge >= 0.3 is 5.97 Å². The SMILES string of the molecule is CCOc1nn(CC(=O)O)c(=O)cc1N[C@@H]1CC2CC([C@H]1C)C2(C)C. The molecular weight excluding hydrogens is 322 g/mol. The molecule has 2 N–H and O–H groups in total. The van der Waals surface area contributed by atoms with Crippen LogP contribution in [0.15, 0.2) is 10.9 Å². The number of carbonyl (C=O) groups is 1. The maximum atomic E-state index is 12.2. The number of nitrogens with one attached hydrogen (secondary N) is 1. The van der Waals surface area contributed by atoms with Crippen LogP contribution in [0.5, 0.6) is 5.88 Å². The highest BCUT2D eigenvalue weighted by molar-refractivity contribution is 5.66. The van der Waals surface area contributed by atoms with E-state index < -0.39 is 18.1 Å². The van der Waals surface area contributed by atoms with Crippen molar-refractivity contribution in [3.05, 3.63) is 16.4 Å². The van der Waals surface area contributed by atoms with E-state index >= 15 is 0 Å². The molecular formula is C18H27N3O4. The number of anilines is 1. The van der Waals surface area contributed by atoms with Gasteiger partial charge in [0.2, 0.25) is 0 Å². The molecule has 7 heteroatoms. The molecule has 4 atom stereocenters. The molecule has 0 spiro atoms. The summed E-state index contributed by atoms with van der Waals surface area (Å²) in [5.74, 6) is 1.05. The molecule has 138 valence electrons. The third-order valence-electron chi connectivity index (χ3n) is 6.23. The van der Waals surface area contributed by atoms with Crippen LogP contribution in [0.25, 0.3) is 0 Å². The van der Waals surface area contributed by atoms with Gasteiger partial charge in [0.1, 0.15) is 12.2 Å². The third kappa shape index (κ3) is 3.12. The Morgan fingerprint density at radius 3 is 2.76 bits per heavy atom. The molecule has 2 bridgehead atoms. The molecule has 0 amide bonds. The number of carboxylic acid groups (broad SMARTS) is 1. The van der Waals surface area contributed by atoms with Gasteiger partial charge in [0.05, 0.1) is 6.61 Å². The van der Waals surface area contributed by atoms with Crippen LogP contribution in [0.1, 0.15) is 40.5 Å². The molecule has 0 aromatic carbocycles. The molecule has 3 fully saturated rings. The molecule has 0 saturated heterocycles. The van der Waals surface area contributed by atoms with Crippen molar-refractivity contribution in [3.8, 4) is 5.88 Å². The minimum Gasteiger partial charge on any atom is -0.480 e. The van der Waals surface area contributed by atoms with Crippen LogP contribution in [0, 0.1) is 23.2 Å². The van der Waals surface area contributed by atoms with Crippen molar-refractivity contribution >= 4 is 11.7 Å². The van der Waals surface area contributed by atoms with Crippen molar-refractivity contribution in [1.29, 1.82) is 0 Å². The van der Waals surface area contributed by atoms with Crippen LogP contribution in [-0.4, -0.2) is 33.5 Å². The number of aromatic nitrogens is 2. The quantitative estimate of drug-likeness (QED) is 0.818. The number of ether oxygens (including phenoxy) is 1. The summed E-state index contributed by atoms with van der Waals surface area (Å²) in [5, 5.41) is 16.5. The summed E-state index contributed by atoms with van der Waals surface area (Å²) in [6.45, 7) is 8.71. The summed E-state index contributed by atoms with van der Waals surface area (Å²) in [4.78, 5) is 23.1. The first kappa shape index (κ1) is 17.8. The van der Waals surface area contributed by atoms with Crippen molar-refractivity contribution in [1.82, 2.24) is 9.78 Å². The van der Waals surface area contributed by atoms with E-state index in [4.69, 9.17) is 9.84 Å². The van der Waals surface area contributed by atoms with Gasteiger partial charge in [0, 0.05) is 12.1 Å². The second kappa shape index (κ2) is 6.35. The lowest BCUT2D eigenvalue weighted by atomic mass is 9.45. The molecule has 3 saturated carbocycles. The van der Waals surface area contributed by atoms with Crippen LogP contribution < -0.4 is 15.6 Å². The zero-order chi connectivity index (χ0) is 18.4. The maximum absolute atomic E-state index is 12.2. The number of nitrogens with zero attached hydrogens (tertiary/aromatic N) is 2. The molecule has 1 heterocycles. The molecule has 4 rings (SSSR count). The van der Waals surface area contributed by atoms with Crippen molar-refractivity contribution < 1.29 is 14.6 Å². The van der Waals surface area contributed by atoms with Crippen molar-refractivity contribution in [3.63, 3.8) is 0 Å². The molecule has 3 aliphatic carbocycles. The fourth-order valence-electron chi connectivity index (χ4n) is 4.60. The molecule has 2 unspecified atom stereocenters. The van der Waals surface area contributed by atoms with Crippen LogP contribution in [0.2, 0.25) is 0 Å². The van der Waals surface area contributed by atoms with E-state index in [1.54, 1.807) is 0 Å². The van der Waals surface area contributed by atoms with Gasteiger partial charge in [-0.25, -0.2) is 4.68 Å². The van der Waals surface area contributed by atoms with Crippen LogP contribution in [-0.2, 0) is 11.3 Å². The standard InChI is InChI=1S/C18H27N3O4/c1-5-25-17-14(8-15(22)21(20-17)9-16(23)24)19-13-7-11-6-12(10(13)2)18(11,3)4/h8,10-13,19H,5-7,9H2,1-4H3,(H,23,24)/t10-,11?,12?,13-/m1/s1. The Balaban J connectivity index is 1.83. The number of aliphatic carboxylic acids is 1. The summed E-state index contributed by atoms with van der Waals surface area (Å²) in [6.07, 6.45) is 2.34. The second-order valence-electron chi connectivity index (χ2n) is 7.89. The average Bonchev–Trinajstić information content (AvgIpc) is 2.52. The number of hydrogen-bond donors (Lipinski definition) is 2.